The van der Waals surface area contributed by atoms with Crippen molar-refractivity contribution in [3.63, 3.8) is 0 Å². The fourth-order valence-electron chi connectivity index (χ4n) is 3.62. The van der Waals surface area contributed by atoms with Crippen LogP contribution in [0, 0.1) is 0 Å². The molecule has 1 amide bonds. The van der Waals surface area contributed by atoms with Crippen LogP contribution in [0.2, 0.25) is 0 Å². The number of hydrogen-bond acceptors (Lipinski definition) is 4. The summed E-state index contributed by atoms with van der Waals surface area (Å²) < 4.78 is 0. The number of phenolic OH excluding ortho intramolecular Hbond substituents is 1. The number of carbonyl (C=O) groups excluding carboxylic acids is 1. The van der Waals surface area contributed by atoms with Gasteiger partial charge in [-0.3, -0.25) is 9.69 Å². The van der Waals surface area contributed by atoms with Crippen LogP contribution in [0.1, 0.15) is 32.1 Å². The molecule has 0 aliphatic carbocycles. The van der Waals surface area contributed by atoms with Gasteiger partial charge in [-0.2, -0.15) is 0 Å². The van der Waals surface area contributed by atoms with E-state index in [4.69, 9.17) is 0 Å². The summed E-state index contributed by atoms with van der Waals surface area (Å²) in [4.78, 5) is 19.2. The molecule has 0 spiro atoms. The monoisotopic (exact) mass is 331 g/mol. The Morgan fingerprint density at radius 1 is 0.833 bits per heavy atom. The molecule has 1 N–H and O–H groups in total. The fraction of sp³-hybridized carbons (Fsp3) is 0.632. The summed E-state index contributed by atoms with van der Waals surface area (Å²) in [6, 6.07) is 7.37. The van der Waals surface area contributed by atoms with Crippen LogP contribution in [0.4, 0.5) is 5.69 Å². The van der Waals surface area contributed by atoms with Crippen LogP contribution in [0.25, 0.3) is 0 Å². The van der Waals surface area contributed by atoms with Gasteiger partial charge >= 0.3 is 0 Å². The van der Waals surface area contributed by atoms with Crippen LogP contribution < -0.4 is 4.90 Å². The molecule has 2 fully saturated rings. The van der Waals surface area contributed by atoms with E-state index in [2.05, 4.69) is 14.7 Å². The Labute approximate surface area is 144 Å². The first kappa shape index (κ1) is 17.1. The fourth-order valence-corrected chi connectivity index (χ4v) is 3.62. The highest BCUT2D eigenvalue weighted by Crippen LogP contribution is 2.20. The number of hydrogen-bond donors (Lipinski definition) is 1. The predicted octanol–water partition coefficient (Wildman–Crippen LogP) is 2.31. The molecule has 5 heteroatoms. The number of nitrogens with zero attached hydrogens (tertiary/aromatic N) is 3. The number of anilines is 1. The number of phenols is 1. The summed E-state index contributed by atoms with van der Waals surface area (Å²) in [7, 11) is 0. The Morgan fingerprint density at radius 2 is 1.42 bits per heavy atom. The lowest BCUT2D eigenvalue weighted by Gasteiger charge is -2.36. The molecule has 0 atom stereocenters. The van der Waals surface area contributed by atoms with Crippen LogP contribution in [-0.4, -0.2) is 66.6 Å². The molecule has 2 aliphatic heterocycles. The number of aromatic hydroxyl groups is 1. The van der Waals surface area contributed by atoms with E-state index < -0.39 is 0 Å². The lowest BCUT2D eigenvalue weighted by molar-refractivity contribution is -0.132. The van der Waals surface area contributed by atoms with E-state index in [9.17, 15) is 9.90 Å². The van der Waals surface area contributed by atoms with Crippen molar-refractivity contribution < 1.29 is 9.90 Å². The largest absolute Gasteiger partial charge is 0.508 e. The van der Waals surface area contributed by atoms with Crippen LogP contribution in [0.15, 0.2) is 24.3 Å². The summed E-state index contributed by atoms with van der Waals surface area (Å²) in [6.07, 6.45) is 6.14. The maximum atomic E-state index is 12.6. The van der Waals surface area contributed by atoms with E-state index in [0.29, 0.717) is 18.2 Å². The zero-order chi connectivity index (χ0) is 16.8. The van der Waals surface area contributed by atoms with Crippen molar-refractivity contribution in [3.05, 3.63) is 24.3 Å². The van der Waals surface area contributed by atoms with Crippen molar-refractivity contribution in [1.82, 2.24) is 9.80 Å². The van der Waals surface area contributed by atoms with Gasteiger partial charge in [0.15, 0.2) is 0 Å². The highest BCUT2D eigenvalue weighted by molar-refractivity contribution is 5.78. The number of benzene rings is 1. The number of carbonyl (C=O) groups is 1. The number of rotatable bonds is 3. The molecular formula is C19H29N3O2. The van der Waals surface area contributed by atoms with E-state index in [0.717, 1.165) is 57.8 Å². The Morgan fingerprint density at radius 3 is 2.04 bits per heavy atom. The zero-order valence-electron chi connectivity index (χ0n) is 14.5. The molecule has 1 aromatic rings. The number of amides is 1. The Kier molecular flexibility index (Phi) is 5.96. The summed E-state index contributed by atoms with van der Waals surface area (Å²) in [6.45, 7) is 6.12. The molecule has 0 unspecified atom stereocenters. The first-order valence-electron chi connectivity index (χ1n) is 9.26. The van der Waals surface area contributed by atoms with E-state index >= 15 is 0 Å². The third-order valence-corrected chi connectivity index (χ3v) is 5.15. The van der Waals surface area contributed by atoms with E-state index in [1.807, 2.05) is 12.1 Å². The number of likely N-dealkylation sites (tertiary alicyclic amines) is 1. The van der Waals surface area contributed by atoms with Gasteiger partial charge in [-0.25, -0.2) is 0 Å². The minimum absolute atomic E-state index is 0.301. The van der Waals surface area contributed by atoms with Gasteiger partial charge in [0.05, 0.1) is 6.54 Å². The minimum atomic E-state index is 0.301. The van der Waals surface area contributed by atoms with Gasteiger partial charge in [0.1, 0.15) is 5.75 Å². The Balaban J connectivity index is 1.46. The lowest BCUT2D eigenvalue weighted by Crippen LogP contribution is -2.50. The molecule has 0 radical (unpaired) electrons. The van der Waals surface area contributed by atoms with Gasteiger partial charge in [-0.05, 0) is 37.1 Å². The van der Waals surface area contributed by atoms with E-state index in [-0.39, 0.29) is 0 Å². The maximum absolute atomic E-state index is 12.6. The smallest absolute Gasteiger partial charge is 0.236 e. The molecule has 1 aromatic carbocycles. The second-order valence-corrected chi connectivity index (χ2v) is 6.93. The molecule has 0 saturated carbocycles. The summed E-state index contributed by atoms with van der Waals surface area (Å²) in [5.41, 5.74) is 1.14. The second kappa shape index (κ2) is 8.38. The SMILES string of the molecule is O=C(CN1CCN(c2ccc(O)cc2)CC1)N1CCCCCCC1. The van der Waals surface area contributed by atoms with Gasteiger partial charge in [-0.15, -0.1) is 0 Å². The van der Waals surface area contributed by atoms with Crippen molar-refractivity contribution >= 4 is 11.6 Å². The highest BCUT2D eigenvalue weighted by Gasteiger charge is 2.22. The Bertz CT molecular complexity index is 516. The molecule has 0 aromatic heterocycles. The molecule has 5 nitrogen and oxygen atoms in total. The van der Waals surface area contributed by atoms with Gasteiger partial charge in [0, 0.05) is 45.0 Å². The van der Waals surface area contributed by atoms with Crippen molar-refractivity contribution in [2.75, 3.05) is 50.7 Å². The van der Waals surface area contributed by atoms with Crippen molar-refractivity contribution in [2.24, 2.45) is 0 Å². The molecule has 2 heterocycles. The summed E-state index contributed by atoms with van der Waals surface area (Å²) >= 11 is 0. The maximum Gasteiger partial charge on any atom is 0.236 e. The highest BCUT2D eigenvalue weighted by atomic mass is 16.3. The van der Waals surface area contributed by atoms with Crippen molar-refractivity contribution in [2.45, 2.75) is 32.1 Å². The van der Waals surface area contributed by atoms with Gasteiger partial charge in [0.2, 0.25) is 5.91 Å². The molecular weight excluding hydrogens is 302 g/mol. The van der Waals surface area contributed by atoms with E-state index in [1.165, 1.54) is 19.3 Å². The van der Waals surface area contributed by atoms with Crippen LogP contribution in [0.3, 0.4) is 0 Å². The van der Waals surface area contributed by atoms with Gasteiger partial charge in [0.25, 0.3) is 0 Å². The van der Waals surface area contributed by atoms with Crippen LogP contribution in [0.5, 0.6) is 5.75 Å². The zero-order valence-corrected chi connectivity index (χ0v) is 14.5. The molecule has 0 bridgehead atoms. The third-order valence-electron chi connectivity index (χ3n) is 5.15. The first-order chi connectivity index (χ1) is 11.7. The van der Waals surface area contributed by atoms with Gasteiger partial charge in [-0.1, -0.05) is 19.3 Å². The second-order valence-electron chi connectivity index (χ2n) is 6.93. The van der Waals surface area contributed by atoms with E-state index in [1.54, 1.807) is 12.1 Å². The number of piperazine rings is 1. The standard InChI is InChI=1S/C19H29N3O2/c23-18-8-6-17(7-9-18)21-14-12-20(13-15-21)16-19(24)22-10-4-2-1-3-5-11-22/h6-9,23H,1-5,10-16H2. The minimum Gasteiger partial charge on any atom is -0.508 e. The molecule has 132 valence electrons. The predicted molar refractivity (Wildman–Crippen MR) is 96.4 cm³/mol. The average Bonchev–Trinajstić information content (AvgIpc) is 2.56. The topological polar surface area (TPSA) is 47.0 Å². The summed E-state index contributed by atoms with van der Waals surface area (Å²) in [5.74, 6) is 0.603. The quantitative estimate of drug-likeness (QED) is 0.923. The molecule has 3 rings (SSSR count). The summed E-state index contributed by atoms with van der Waals surface area (Å²) in [5, 5.41) is 9.39. The van der Waals surface area contributed by atoms with Crippen LogP contribution in [-0.2, 0) is 4.79 Å². The molecule has 2 saturated heterocycles. The average molecular weight is 331 g/mol. The lowest BCUT2D eigenvalue weighted by atomic mass is 10.1. The first-order valence-corrected chi connectivity index (χ1v) is 9.26. The Hall–Kier alpha value is -1.75. The third kappa shape index (κ3) is 4.63. The normalized spacial score (nSPS) is 20.5. The van der Waals surface area contributed by atoms with Gasteiger partial charge < -0.3 is 14.9 Å². The molecule has 2 aliphatic rings. The van der Waals surface area contributed by atoms with Crippen molar-refractivity contribution in [3.8, 4) is 5.75 Å². The molecule has 24 heavy (non-hydrogen) atoms. The van der Waals surface area contributed by atoms with Crippen molar-refractivity contribution in [1.29, 1.82) is 0 Å². The van der Waals surface area contributed by atoms with Crippen LogP contribution >= 0.6 is 0 Å².